The van der Waals surface area contributed by atoms with Crippen LogP contribution in [0.5, 0.6) is 0 Å². The van der Waals surface area contributed by atoms with E-state index in [4.69, 9.17) is 4.74 Å². The Labute approximate surface area is 132 Å². The van der Waals surface area contributed by atoms with E-state index >= 15 is 0 Å². The smallest absolute Gasteiger partial charge is 0.251 e. The molecule has 0 bridgehead atoms. The molecule has 1 N–H and O–H groups in total. The minimum Gasteiger partial charge on any atom is -0.368 e. The number of carbonyl (C=O) groups is 2. The van der Waals surface area contributed by atoms with Crippen LogP contribution in [-0.2, 0) is 14.3 Å². The number of hydrogen-bond donors (Lipinski definition) is 1. The molecule has 0 spiro atoms. The lowest BCUT2D eigenvalue weighted by molar-refractivity contribution is -0.142. The third-order valence-corrected chi connectivity index (χ3v) is 4.47. The second kappa shape index (κ2) is 7.12. The summed E-state index contributed by atoms with van der Waals surface area (Å²) in [5.74, 6) is -0.00823. The predicted molar refractivity (Wildman–Crippen MR) is 80.5 cm³/mol. The number of piperazine rings is 1. The molecule has 1 aromatic rings. The van der Waals surface area contributed by atoms with Gasteiger partial charge >= 0.3 is 0 Å². The Hall–Kier alpha value is -1.58. The van der Waals surface area contributed by atoms with Crippen molar-refractivity contribution in [2.45, 2.75) is 18.9 Å². The predicted octanol–water partition coefficient (Wildman–Crippen LogP) is -0.200. The summed E-state index contributed by atoms with van der Waals surface area (Å²) in [6.45, 7) is 3.67. The zero-order chi connectivity index (χ0) is 15.4. The number of hydrogen-bond acceptors (Lipinski definition) is 7. The maximum atomic E-state index is 12.2. The molecule has 2 saturated heterocycles. The highest BCUT2D eigenvalue weighted by atomic mass is 32.1. The average molecular weight is 325 g/mol. The van der Waals surface area contributed by atoms with Gasteiger partial charge in [0.1, 0.15) is 11.6 Å². The lowest BCUT2D eigenvalue weighted by atomic mass is 10.2. The highest BCUT2D eigenvalue weighted by Gasteiger charge is 2.30. The molecule has 0 unspecified atom stereocenters. The molecule has 22 heavy (non-hydrogen) atoms. The fourth-order valence-electron chi connectivity index (χ4n) is 2.69. The molecule has 2 aliphatic heterocycles. The number of rotatable bonds is 4. The van der Waals surface area contributed by atoms with Crippen LogP contribution < -0.4 is 5.32 Å². The molecule has 0 saturated carbocycles. The van der Waals surface area contributed by atoms with Crippen LogP contribution in [-0.4, -0.2) is 77.2 Å². The molecule has 2 amide bonds. The third kappa shape index (κ3) is 3.79. The summed E-state index contributed by atoms with van der Waals surface area (Å²) in [6.07, 6.45) is 1.53. The normalized spacial score (nSPS) is 22.7. The second-order valence-electron chi connectivity index (χ2n) is 5.40. The molecule has 9 heteroatoms. The zero-order valence-electron chi connectivity index (χ0n) is 12.2. The molecule has 8 nitrogen and oxygen atoms in total. The molecule has 2 fully saturated rings. The Morgan fingerprint density at radius 1 is 1.36 bits per heavy atom. The number of aromatic nitrogens is 2. The summed E-state index contributed by atoms with van der Waals surface area (Å²) in [6, 6.07) is 0. The first-order valence-corrected chi connectivity index (χ1v) is 8.29. The molecule has 120 valence electrons. The Bertz CT molecular complexity index is 510. The Morgan fingerprint density at radius 3 is 2.82 bits per heavy atom. The third-order valence-electron chi connectivity index (χ3n) is 3.86. The molecule has 1 aromatic heterocycles. The SMILES string of the molecule is O=C(CN1CCN(C(=O)[C@@H]2CCCO2)CC1)Nc1nncs1. The van der Waals surface area contributed by atoms with Crippen molar-refractivity contribution in [1.82, 2.24) is 20.0 Å². The van der Waals surface area contributed by atoms with Crippen LogP contribution >= 0.6 is 11.3 Å². The second-order valence-corrected chi connectivity index (χ2v) is 6.23. The summed E-state index contributed by atoms with van der Waals surface area (Å²) < 4.78 is 5.44. The van der Waals surface area contributed by atoms with Crippen molar-refractivity contribution >= 4 is 28.3 Å². The van der Waals surface area contributed by atoms with E-state index in [-0.39, 0.29) is 17.9 Å². The van der Waals surface area contributed by atoms with Gasteiger partial charge in [0.05, 0.1) is 6.54 Å². The van der Waals surface area contributed by atoms with Crippen molar-refractivity contribution in [3.05, 3.63) is 5.51 Å². The first-order chi connectivity index (χ1) is 10.7. The molecule has 2 aliphatic rings. The lowest BCUT2D eigenvalue weighted by Gasteiger charge is -2.35. The van der Waals surface area contributed by atoms with E-state index < -0.39 is 0 Å². The maximum Gasteiger partial charge on any atom is 0.251 e. The average Bonchev–Trinajstić information content (AvgIpc) is 3.20. The minimum absolute atomic E-state index is 0.0930. The zero-order valence-corrected chi connectivity index (χ0v) is 13.0. The molecular weight excluding hydrogens is 306 g/mol. The van der Waals surface area contributed by atoms with Crippen molar-refractivity contribution in [3.63, 3.8) is 0 Å². The van der Waals surface area contributed by atoms with E-state index in [9.17, 15) is 9.59 Å². The van der Waals surface area contributed by atoms with Crippen LogP contribution in [0.25, 0.3) is 0 Å². The van der Waals surface area contributed by atoms with Crippen LogP contribution in [0.3, 0.4) is 0 Å². The molecule has 1 atom stereocenters. The van der Waals surface area contributed by atoms with Crippen LogP contribution in [0.4, 0.5) is 5.13 Å². The van der Waals surface area contributed by atoms with Crippen molar-refractivity contribution in [2.75, 3.05) is 44.6 Å². The van der Waals surface area contributed by atoms with Gasteiger partial charge in [-0.15, -0.1) is 10.2 Å². The van der Waals surface area contributed by atoms with Crippen molar-refractivity contribution < 1.29 is 14.3 Å². The van der Waals surface area contributed by atoms with E-state index in [1.165, 1.54) is 11.3 Å². The van der Waals surface area contributed by atoms with Crippen molar-refractivity contribution in [3.8, 4) is 0 Å². The summed E-state index contributed by atoms with van der Waals surface area (Å²) >= 11 is 1.29. The maximum absolute atomic E-state index is 12.2. The van der Waals surface area contributed by atoms with Gasteiger partial charge in [-0.3, -0.25) is 19.8 Å². The van der Waals surface area contributed by atoms with Crippen molar-refractivity contribution in [1.29, 1.82) is 0 Å². The van der Waals surface area contributed by atoms with Gasteiger partial charge in [-0.05, 0) is 12.8 Å². The Kier molecular flexibility index (Phi) is 4.96. The fourth-order valence-corrected chi connectivity index (χ4v) is 3.15. The van der Waals surface area contributed by atoms with Gasteiger partial charge in [0, 0.05) is 32.8 Å². The molecular formula is C13H19N5O3S. The molecule has 0 aliphatic carbocycles. The highest BCUT2D eigenvalue weighted by molar-refractivity contribution is 7.13. The van der Waals surface area contributed by atoms with Crippen LogP contribution in [0.1, 0.15) is 12.8 Å². The van der Waals surface area contributed by atoms with Crippen LogP contribution in [0.15, 0.2) is 5.51 Å². The first-order valence-electron chi connectivity index (χ1n) is 7.41. The van der Waals surface area contributed by atoms with Gasteiger partial charge in [0.25, 0.3) is 5.91 Å². The number of carbonyl (C=O) groups excluding carboxylic acids is 2. The lowest BCUT2D eigenvalue weighted by Crippen LogP contribution is -2.52. The summed E-state index contributed by atoms with van der Waals surface area (Å²) in [4.78, 5) is 28.0. The van der Waals surface area contributed by atoms with Crippen molar-refractivity contribution in [2.24, 2.45) is 0 Å². The Morgan fingerprint density at radius 2 is 2.18 bits per heavy atom. The monoisotopic (exact) mass is 325 g/mol. The van der Waals surface area contributed by atoms with Gasteiger partial charge in [-0.25, -0.2) is 0 Å². The first kappa shape index (κ1) is 15.3. The van der Waals surface area contributed by atoms with Crippen LogP contribution in [0.2, 0.25) is 0 Å². The number of anilines is 1. The molecule has 0 aromatic carbocycles. The van der Waals surface area contributed by atoms with Gasteiger partial charge in [0.15, 0.2) is 0 Å². The van der Waals surface area contributed by atoms with E-state index in [2.05, 4.69) is 15.5 Å². The van der Waals surface area contributed by atoms with E-state index in [0.29, 0.717) is 44.5 Å². The topological polar surface area (TPSA) is 87.7 Å². The summed E-state index contributed by atoms with van der Waals surface area (Å²) in [7, 11) is 0. The largest absolute Gasteiger partial charge is 0.368 e. The van der Waals surface area contributed by atoms with Gasteiger partial charge in [-0.1, -0.05) is 11.3 Å². The van der Waals surface area contributed by atoms with Gasteiger partial charge in [-0.2, -0.15) is 0 Å². The molecule has 3 rings (SSSR count). The van der Waals surface area contributed by atoms with Gasteiger partial charge < -0.3 is 9.64 Å². The molecule has 0 radical (unpaired) electrons. The number of nitrogens with zero attached hydrogens (tertiary/aromatic N) is 4. The highest BCUT2D eigenvalue weighted by Crippen LogP contribution is 2.16. The van der Waals surface area contributed by atoms with Crippen LogP contribution in [0, 0.1) is 0 Å². The number of ether oxygens (including phenoxy) is 1. The number of nitrogens with one attached hydrogen (secondary N) is 1. The van der Waals surface area contributed by atoms with Gasteiger partial charge in [0.2, 0.25) is 11.0 Å². The van der Waals surface area contributed by atoms with E-state index in [1.807, 2.05) is 9.80 Å². The standard InChI is InChI=1S/C13H19N5O3S/c19-11(15-13-16-14-9-22-13)8-17-3-5-18(6-4-17)12(20)10-2-1-7-21-10/h9-10H,1-8H2,(H,15,16,19)/t10-/m0/s1. The summed E-state index contributed by atoms with van der Waals surface area (Å²) in [5, 5.41) is 10.7. The van der Waals surface area contributed by atoms with E-state index in [0.717, 1.165) is 12.8 Å². The number of amides is 2. The minimum atomic E-state index is -0.257. The van der Waals surface area contributed by atoms with E-state index in [1.54, 1.807) is 5.51 Å². The Balaban J connectivity index is 1.41. The summed E-state index contributed by atoms with van der Waals surface area (Å²) in [5.41, 5.74) is 1.57. The molecule has 3 heterocycles. The fraction of sp³-hybridized carbons (Fsp3) is 0.692. The quantitative estimate of drug-likeness (QED) is 0.825.